The van der Waals surface area contributed by atoms with Gasteiger partial charge in [-0.3, -0.25) is 4.90 Å². The molecule has 0 unspecified atom stereocenters. The zero-order valence-corrected chi connectivity index (χ0v) is 15.3. The molecule has 4 nitrogen and oxygen atoms in total. The average molecular weight is 369 g/mol. The Hall–Kier alpha value is -1.76. The maximum Gasteiger partial charge on any atom is 0.390 e. The van der Waals surface area contributed by atoms with Crippen molar-refractivity contribution in [3.63, 3.8) is 0 Å². The molecule has 3 rings (SSSR count). The predicted molar refractivity (Wildman–Crippen MR) is 93.8 cm³/mol. The van der Waals surface area contributed by atoms with Crippen LogP contribution < -0.4 is 5.32 Å². The van der Waals surface area contributed by atoms with E-state index >= 15 is 0 Å². The van der Waals surface area contributed by atoms with Crippen LogP contribution in [-0.2, 0) is 5.54 Å². The molecule has 26 heavy (non-hydrogen) atoms. The Morgan fingerprint density at radius 2 is 1.73 bits per heavy atom. The molecule has 1 saturated heterocycles. The molecule has 1 aromatic rings. The lowest BCUT2D eigenvalue weighted by Crippen LogP contribution is -2.55. The van der Waals surface area contributed by atoms with E-state index in [0.717, 1.165) is 12.8 Å². The summed E-state index contributed by atoms with van der Waals surface area (Å²) < 4.78 is 38.0. The number of nitrogens with one attached hydrogen (secondary N) is 1. The number of hydrogen-bond acceptors (Lipinski definition) is 2. The first-order valence-electron chi connectivity index (χ1n) is 9.04. The molecule has 1 N–H and O–H groups in total. The van der Waals surface area contributed by atoms with E-state index in [9.17, 15) is 18.0 Å². The molecule has 0 radical (unpaired) electrons. The number of rotatable bonds is 4. The molecular formula is C19H26F3N3O. The largest absolute Gasteiger partial charge is 0.390 e. The lowest BCUT2D eigenvalue weighted by molar-refractivity contribution is -0.139. The number of halogens is 3. The Bertz CT molecular complexity index is 637. The maximum absolute atomic E-state index is 12.7. The molecular weight excluding hydrogens is 343 g/mol. The van der Waals surface area contributed by atoms with Crippen molar-refractivity contribution < 1.29 is 18.0 Å². The topological polar surface area (TPSA) is 35.6 Å². The second-order valence-electron chi connectivity index (χ2n) is 7.69. The molecule has 2 fully saturated rings. The Kier molecular flexibility index (Phi) is 4.94. The number of hydrogen-bond donors (Lipinski definition) is 1. The molecule has 2 aliphatic rings. The van der Waals surface area contributed by atoms with Gasteiger partial charge in [0.05, 0.1) is 12.0 Å². The van der Waals surface area contributed by atoms with Gasteiger partial charge in [-0.1, -0.05) is 30.3 Å². The minimum atomic E-state index is -4.25. The fourth-order valence-electron chi connectivity index (χ4n) is 4.54. The van der Waals surface area contributed by atoms with Gasteiger partial charge < -0.3 is 10.2 Å². The first-order valence-corrected chi connectivity index (χ1v) is 9.04. The molecule has 0 bridgehead atoms. The highest BCUT2D eigenvalue weighted by Crippen LogP contribution is 2.47. The van der Waals surface area contributed by atoms with E-state index in [4.69, 9.17) is 0 Å². The van der Waals surface area contributed by atoms with E-state index < -0.39 is 18.1 Å². The van der Waals surface area contributed by atoms with Crippen molar-refractivity contribution in [1.29, 1.82) is 0 Å². The van der Waals surface area contributed by atoms with Gasteiger partial charge in [0.2, 0.25) is 0 Å². The highest BCUT2D eigenvalue weighted by Gasteiger charge is 2.52. The van der Waals surface area contributed by atoms with Crippen LogP contribution in [0.3, 0.4) is 0 Å². The van der Waals surface area contributed by atoms with Crippen LogP contribution in [-0.4, -0.2) is 54.7 Å². The average Bonchev–Trinajstić information content (AvgIpc) is 2.90. The van der Waals surface area contributed by atoms with Crippen molar-refractivity contribution in [3.05, 3.63) is 35.9 Å². The number of benzene rings is 1. The Labute approximate surface area is 152 Å². The van der Waals surface area contributed by atoms with Crippen molar-refractivity contribution in [2.24, 2.45) is 0 Å². The fourth-order valence-corrected chi connectivity index (χ4v) is 4.54. The summed E-state index contributed by atoms with van der Waals surface area (Å²) in [7, 11) is 4.09. The number of alkyl halides is 3. The molecule has 7 heteroatoms. The minimum Gasteiger partial charge on any atom is -0.336 e. The summed E-state index contributed by atoms with van der Waals surface area (Å²) in [6.45, 7) is 0.164. The summed E-state index contributed by atoms with van der Waals surface area (Å²) in [5.41, 5.74) is 0.573. The van der Waals surface area contributed by atoms with Gasteiger partial charge in [-0.05, 0) is 45.3 Å². The summed E-state index contributed by atoms with van der Waals surface area (Å²) in [6.07, 6.45) is -2.22. The lowest BCUT2D eigenvalue weighted by Gasteiger charge is -2.51. The number of urea groups is 1. The smallest absolute Gasteiger partial charge is 0.336 e. The van der Waals surface area contributed by atoms with Crippen LogP contribution in [0.2, 0.25) is 0 Å². The minimum absolute atomic E-state index is 0.145. The first-order chi connectivity index (χ1) is 12.2. The van der Waals surface area contributed by atoms with Gasteiger partial charge >= 0.3 is 12.2 Å². The van der Waals surface area contributed by atoms with Gasteiger partial charge in [-0.25, -0.2) is 4.79 Å². The molecule has 0 atom stereocenters. The van der Waals surface area contributed by atoms with Crippen LogP contribution >= 0.6 is 0 Å². The van der Waals surface area contributed by atoms with E-state index in [1.54, 1.807) is 0 Å². The molecule has 1 aliphatic heterocycles. The summed E-state index contributed by atoms with van der Waals surface area (Å²) in [4.78, 5) is 15.8. The normalized spacial score (nSPS) is 29.5. The van der Waals surface area contributed by atoms with Crippen LogP contribution in [0.15, 0.2) is 30.3 Å². The van der Waals surface area contributed by atoms with Crippen molar-refractivity contribution in [2.75, 3.05) is 27.2 Å². The number of nitrogens with zero attached hydrogens (tertiary/aromatic N) is 2. The molecule has 144 valence electrons. The molecule has 2 amide bonds. The third-order valence-corrected chi connectivity index (χ3v) is 6.18. The van der Waals surface area contributed by atoms with Crippen molar-refractivity contribution in [1.82, 2.24) is 15.1 Å². The van der Waals surface area contributed by atoms with E-state index in [-0.39, 0.29) is 18.1 Å². The van der Waals surface area contributed by atoms with Gasteiger partial charge in [-0.2, -0.15) is 13.2 Å². The summed E-state index contributed by atoms with van der Waals surface area (Å²) in [6, 6.07) is 9.86. The molecule has 1 heterocycles. The number of carbonyl (C=O) groups excluding carboxylic acids is 1. The van der Waals surface area contributed by atoms with Crippen molar-refractivity contribution in [3.8, 4) is 0 Å². The second-order valence-corrected chi connectivity index (χ2v) is 7.69. The van der Waals surface area contributed by atoms with E-state index in [1.165, 1.54) is 10.5 Å². The van der Waals surface area contributed by atoms with Crippen LogP contribution in [0.1, 0.15) is 37.7 Å². The lowest BCUT2D eigenvalue weighted by atomic mass is 9.68. The van der Waals surface area contributed by atoms with Crippen LogP contribution in [0.25, 0.3) is 0 Å². The van der Waals surface area contributed by atoms with Gasteiger partial charge in [0.1, 0.15) is 0 Å². The SMILES string of the molecule is CN(C)[C@]1(c2ccccc2)CC[C@]2(CC1)CNC(=O)N2CCC(F)(F)F. The zero-order chi connectivity index (χ0) is 19.0. The fraction of sp³-hybridized carbons (Fsp3) is 0.632. The van der Waals surface area contributed by atoms with E-state index in [2.05, 4.69) is 22.3 Å². The quantitative estimate of drug-likeness (QED) is 0.878. The molecule has 1 aromatic carbocycles. The van der Waals surface area contributed by atoms with E-state index in [1.807, 2.05) is 32.3 Å². The van der Waals surface area contributed by atoms with Crippen LogP contribution in [0, 0.1) is 0 Å². The zero-order valence-electron chi connectivity index (χ0n) is 15.3. The highest BCUT2D eigenvalue weighted by atomic mass is 19.4. The number of amides is 2. The van der Waals surface area contributed by atoms with E-state index in [0.29, 0.717) is 19.4 Å². The highest BCUT2D eigenvalue weighted by molar-refractivity contribution is 5.78. The maximum atomic E-state index is 12.7. The standard InChI is InChI=1S/C19H26F3N3O/c1-24(2)18(15-6-4-3-5-7-15)10-8-17(9-11-18)14-23-16(26)25(17)13-12-19(20,21)22/h3-7H,8-14H2,1-2H3,(H,23,26)/t17-,18+. The Morgan fingerprint density at radius 3 is 2.27 bits per heavy atom. The van der Waals surface area contributed by atoms with Crippen molar-refractivity contribution in [2.45, 2.75) is 49.4 Å². The number of carbonyl (C=O) groups is 1. The summed E-state index contributed by atoms with van der Waals surface area (Å²) in [5, 5.41) is 2.77. The van der Waals surface area contributed by atoms with Gasteiger partial charge in [0, 0.05) is 18.6 Å². The van der Waals surface area contributed by atoms with Crippen LogP contribution in [0.5, 0.6) is 0 Å². The monoisotopic (exact) mass is 369 g/mol. The van der Waals surface area contributed by atoms with Gasteiger partial charge in [-0.15, -0.1) is 0 Å². The summed E-state index contributed by atoms with van der Waals surface area (Å²) >= 11 is 0. The molecule has 1 spiro atoms. The third kappa shape index (κ3) is 3.41. The molecule has 1 saturated carbocycles. The van der Waals surface area contributed by atoms with Crippen LogP contribution in [0.4, 0.5) is 18.0 Å². The Morgan fingerprint density at radius 1 is 1.12 bits per heavy atom. The Balaban J connectivity index is 1.79. The summed E-state index contributed by atoms with van der Waals surface area (Å²) in [5.74, 6) is 0. The third-order valence-electron chi connectivity index (χ3n) is 6.18. The van der Waals surface area contributed by atoms with Crippen molar-refractivity contribution >= 4 is 6.03 Å². The predicted octanol–water partition coefficient (Wildman–Crippen LogP) is 3.73. The van der Waals surface area contributed by atoms with Gasteiger partial charge in [0.15, 0.2) is 0 Å². The second kappa shape index (κ2) is 6.76. The first kappa shape index (κ1) is 19.0. The molecule has 0 aromatic heterocycles. The van der Waals surface area contributed by atoms with Gasteiger partial charge in [0.25, 0.3) is 0 Å². The molecule has 1 aliphatic carbocycles.